The van der Waals surface area contributed by atoms with E-state index in [0.717, 1.165) is 16.9 Å². The normalized spacial score (nSPS) is 10.7. The lowest BCUT2D eigenvalue weighted by molar-refractivity contribution is 0.298. The average molecular weight is 351 g/mol. The molecule has 0 saturated heterocycles. The number of methoxy groups -OCH3 is 1. The lowest BCUT2D eigenvalue weighted by Gasteiger charge is -2.12. The lowest BCUT2D eigenvalue weighted by atomic mass is 10.1. The van der Waals surface area contributed by atoms with Crippen LogP contribution in [0.25, 0.3) is 16.7 Å². The quantitative estimate of drug-likeness (QED) is 0.638. The van der Waals surface area contributed by atoms with E-state index in [4.69, 9.17) is 9.47 Å². The first-order valence-corrected chi connectivity index (χ1v) is 8.35. The monoisotopic (exact) mass is 351 g/mol. The molecule has 3 aromatic rings. The molecule has 0 amide bonds. The highest BCUT2D eigenvalue weighted by atomic mass is 16.5. The summed E-state index contributed by atoms with van der Waals surface area (Å²) in [5.41, 5.74) is 2.95. The van der Waals surface area contributed by atoms with Gasteiger partial charge in [0.25, 0.3) is 5.56 Å². The van der Waals surface area contributed by atoms with Gasteiger partial charge in [0.2, 0.25) is 0 Å². The molecule has 0 fully saturated rings. The number of pyridine rings is 1. The van der Waals surface area contributed by atoms with E-state index < -0.39 is 0 Å². The van der Waals surface area contributed by atoms with Gasteiger partial charge in [0.15, 0.2) is 0 Å². The zero-order valence-corrected chi connectivity index (χ0v) is 15.2. The van der Waals surface area contributed by atoms with Crippen LogP contribution in [0.1, 0.15) is 23.7 Å². The first kappa shape index (κ1) is 17.7. The van der Waals surface area contributed by atoms with Crippen LogP contribution in [0, 0.1) is 6.92 Å². The molecule has 0 aliphatic heterocycles. The van der Waals surface area contributed by atoms with Crippen LogP contribution in [0.2, 0.25) is 0 Å². The maximum Gasteiger partial charge on any atom is 0.261 e. The van der Waals surface area contributed by atoms with Crippen LogP contribution >= 0.6 is 0 Å². The van der Waals surface area contributed by atoms with Crippen molar-refractivity contribution in [3.63, 3.8) is 0 Å². The van der Waals surface area contributed by atoms with Crippen LogP contribution in [0.4, 0.5) is 0 Å². The molecule has 134 valence electrons. The maximum absolute atomic E-state index is 12.9. The fourth-order valence-corrected chi connectivity index (χ4v) is 2.81. The number of ether oxygens (including phenoxy) is 2. The zero-order valence-electron chi connectivity index (χ0n) is 15.2. The smallest absolute Gasteiger partial charge is 0.261 e. The molecule has 0 N–H and O–H groups in total. The maximum atomic E-state index is 12.9. The Hall–Kier alpha value is -3.15. The Kier molecular flexibility index (Phi) is 5.02. The van der Waals surface area contributed by atoms with Gasteiger partial charge >= 0.3 is 0 Å². The Morgan fingerprint density at radius 3 is 2.77 bits per heavy atom. The SMILES string of the molecule is C=C(OCC)c1nccc2c(=O)n(Cc3ccc(OC)cc3C)cnc12. The first-order valence-electron chi connectivity index (χ1n) is 8.35. The second-order valence-corrected chi connectivity index (χ2v) is 5.88. The van der Waals surface area contributed by atoms with Crippen molar-refractivity contribution in [1.29, 1.82) is 0 Å². The van der Waals surface area contributed by atoms with Crippen molar-refractivity contribution in [3.8, 4) is 5.75 Å². The number of aryl methyl sites for hydroxylation is 1. The van der Waals surface area contributed by atoms with Crippen LogP contribution in [-0.2, 0) is 11.3 Å². The topological polar surface area (TPSA) is 66.2 Å². The van der Waals surface area contributed by atoms with E-state index in [9.17, 15) is 4.79 Å². The van der Waals surface area contributed by atoms with Gasteiger partial charge in [-0.15, -0.1) is 0 Å². The van der Waals surface area contributed by atoms with Gasteiger partial charge in [0, 0.05) is 6.20 Å². The summed E-state index contributed by atoms with van der Waals surface area (Å²) in [5, 5.41) is 0.490. The standard InChI is InChI=1S/C20H21N3O3/c1-5-26-14(3)18-19-17(8-9-21-18)20(24)23(12-22-19)11-15-6-7-16(25-4)10-13(15)2/h6-10,12H,3,5,11H2,1-2,4H3. The summed E-state index contributed by atoms with van der Waals surface area (Å²) in [6.07, 6.45) is 3.12. The second-order valence-electron chi connectivity index (χ2n) is 5.88. The first-order chi connectivity index (χ1) is 12.5. The number of aromatic nitrogens is 3. The molecule has 0 aliphatic carbocycles. The minimum atomic E-state index is -0.127. The fraction of sp³-hybridized carbons (Fsp3) is 0.250. The molecule has 1 aromatic carbocycles. The molecule has 0 bridgehead atoms. The summed E-state index contributed by atoms with van der Waals surface area (Å²) in [6.45, 7) is 8.64. The van der Waals surface area contributed by atoms with E-state index in [1.807, 2.05) is 32.0 Å². The number of benzene rings is 1. The molecule has 6 nitrogen and oxygen atoms in total. The second kappa shape index (κ2) is 7.39. The van der Waals surface area contributed by atoms with Crippen molar-refractivity contribution in [1.82, 2.24) is 14.5 Å². The van der Waals surface area contributed by atoms with Crippen LogP contribution < -0.4 is 10.3 Å². The third-order valence-electron chi connectivity index (χ3n) is 4.21. The number of hydrogen-bond donors (Lipinski definition) is 0. The molecule has 26 heavy (non-hydrogen) atoms. The predicted molar refractivity (Wildman–Crippen MR) is 101 cm³/mol. The molecular formula is C20H21N3O3. The zero-order chi connectivity index (χ0) is 18.7. The van der Waals surface area contributed by atoms with Gasteiger partial charge in [0.1, 0.15) is 22.7 Å². The fourth-order valence-electron chi connectivity index (χ4n) is 2.81. The number of nitrogens with zero attached hydrogens (tertiary/aromatic N) is 3. The van der Waals surface area contributed by atoms with Gasteiger partial charge in [0.05, 0.1) is 32.0 Å². The van der Waals surface area contributed by atoms with E-state index >= 15 is 0 Å². The van der Waals surface area contributed by atoms with Gasteiger partial charge in [-0.2, -0.15) is 0 Å². The molecule has 0 aliphatic rings. The van der Waals surface area contributed by atoms with Crippen molar-refractivity contribution in [2.24, 2.45) is 0 Å². The largest absolute Gasteiger partial charge is 0.497 e. The van der Waals surface area contributed by atoms with Crippen LogP contribution in [-0.4, -0.2) is 28.3 Å². The van der Waals surface area contributed by atoms with E-state index in [1.165, 1.54) is 0 Å². The molecule has 6 heteroatoms. The predicted octanol–water partition coefficient (Wildman–Crippen LogP) is 3.16. The van der Waals surface area contributed by atoms with Crippen LogP contribution in [0.15, 0.2) is 48.2 Å². The van der Waals surface area contributed by atoms with Crippen molar-refractivity contribution in [3.05, 3.63) is 70.5 Å². The third-order valence-corrected chi connectivity index (χ3v) is 4.21. The number of fused-ring (bicyclic) bond motifs is 1. The van der Waals surface area contributed by atoms with Crippen molar-refractivity contribution in [2.45, 2.75) is 20.4 Å². The van der Waals surface area contributed by atoms with Gasteiger partial charge in [-0.3, -0.25) is 14.3 Å². The molecule has 0 atom stereocenters. The Bertz CT molecular complexity index is 1020. The van der Waals surface area contributed by atoms with Gasteiger partial charge in [-0.25, -0.2) is 4.98 Å². The molecular weight excluding hydrogens is 330 g/mol. The lowest BCUT2D eigenvalue weighted by Crippen LogP contribution is -2.22. The van der Waals surface area contributed by atoms with Gasteiger partial charge < -0.3 is 9.47 Å². The van der Waals surface area contributed by atoms with E-state index in [0.29, 0.717) is 35.5 Å². The molecule has 0 saturated carbocycles. The summed E-state index contributed by atoms with van der Waals surface area (Å²) >= 11 is 0. The molecule has 2 heterocycles. The summed E-state index contributed by atoms with van der Waals surface area (Å²) in [6, 6.07) is 7.46. The van der Waals surface area contributed by atoms with Crippen molar-refractivity contribution >= 4 is 16.7 Å². The summed E-state index contributed by atoms with van der Waals surface area (Å²) < 4.78 is 12.2. The van der Waals surface area contributed by atoms with Gasteiger partial charge in [-0.05, 0) is 43.2 Å². The average Bonchev–Trinajstić information content (AvgIpc) is 2.65. The van der Waals surface area contributed by atoms with E-state index in [-0.39, 0.29) is 5.56 Å². The molecule has 0 spiro atoms. The minimum absolute atomic E-state index is 0.127. The Morgan fingerprint density at radius 1 is 1.27 bits per heavy atom. The van der Waals surface area contributed by atoms with Crippen molar-refractivity contribution in [2.75, 3.05) is 13.7 Å². The number of rotatable bonds is 6. The molecule has 0 unspecified atom stereocenters. The Labute approximate surface area is 151 Å². The number of hydrogen-bond acceptors (Lipinski definition) is 5. The Balaban J connectivity index is 2.03. The van der Waals surface area contributed by atoms with Crippen molar-refractivity contribution < 1.29 is 9.47 Å². The summed E-state index contributed by atoms with van der Waals surface area (Å²) in [5.74, 6) is 1.20. The van der Waals surface area contributed by atoms with E-state index in [2.05, 4.69) is 16.5 Å². The Morgan fingerprint density at radius 2 is 2.08 bits per heavy atom. The summed E-state index contributed by atoms with van der Waals surface area (Å²) in [4.78, 5) is 21.6. The highest BCUT2D eigenvalue weighted by molar-refractivity contribution is 5.86. The van der Waals surface area contributed by atoms with Crippen LogP contribution in [0.3, 0.4) is 0 Å². The summed E-state index contributed by atoms with van der Waals surface area (Å²) in [7, 11) is 1.63. The van der Waals surface area contributed by atoms with Crippen LogP contribution in [0.5, 0.6) is 5.75 Å². The highest BCUT2D eigenvalue weighted by Gasteiger charge is 2.13. The highest BCUT2D eigenvalue weighted by Crippen LogP contribution is 2.20. The van der Waals surface area contributed by atoms with E-state index in [1.54, 1.807) is 30.3 Å². The molecule has 2 aromatic heterocycles. The third kappa shape index (κ3) is 3.31. The van der Waals surface area contributed by atoms with Gasteiger partial charge in [-0.1, -0.05) is 12.6 Å². The molecule has 0 radical (unpaired) electrons. The molecule has 3 rings (SSSR count). The minimum Gasteiger partial charge on any atom is -0.497 e.